The van der Waals surface area contributed by atoms with Crippen LogP contribution in [0.4, 0.5) is 10.5 Å². The van der Waals surface area contributed by atoms with Crippen LogP contribution >= 0.6 is 0 Å². The van der Waals surface area contributed by atoms with Crippen molar-refractivity contribution in [2.24, 2.45) is 11.8 Å². The van der Waals surface area contributed by atoms with E-state index in [1.165, 1.54) is 5.52 Å². The lowest BCUT2D eigenvalue weighted by atomic mass is 10.2. The SMILES string of the molecule is CC(C)Cn1ccc2cc(NC(=O)N(C)CC(O)C3CC3)ccc21. The van der Waals surface area contributed by atoms with E-state index < -0.39 is 6.10 Å². The third kappa shape index (κ3) is 3.90. The minimum atomic E-state index is -0.409. The molecule has 1 aliphatic carbocycles. The van der Waals surface area contributed by atoms with Gasteiger partial charge in [-0.25, -0.2) is 4.79 Å². The zero-order valence-electron chi connectivity index (χ0n) is 14.7. The first-order valence-electron chi connectivity index (χ1n) is 8.73. The number of rotatable bonds is 6. The number of nitrogens with zero attached hydrogens (tertiary/aromatic N) is 2. The number of likely N-dealkylation sites (N-methyl/N-ethyl adjacent to an activating group) is 1. The van der Waals surface area contributed by atoms with Gasteiger partial charge in [0.15, 0.2) is 0 Å². The van der Waals surface area contributed by atoms with E-state index in [4.69, 9.17) is 0 Å². The summed E-state index contributed by atoms with van der Waals surface area (Å²) in [6, 6.07) is 7.87. The molecular weight excluding hydrogens is 302 g/mol. The summed E-state index contributed by atoms with van der Waals surface area (Å²) in [6.45, 7) is 5.76. The van der Waals surface area contributed by atoms with Crippen molar-refractivity contribution in [3.63, 3.8) is 0 Å². The molecule has 0 saturated heterocycles. The number of carbonyl (C=O) groups excluding carboxylic acids is 1. The van der Waals surface area contributed by atoms with Gasteiger partial charge in [0.2, 0.25) is 0 Å². The van der Waals surface area contributed by atoms with Crippen molar-refractivity contribution in [2.45, 2.75) is 39.3 Å². The maximum Gasteiger partial charge on any atom is 0.321 e. The molecule has 0 bridgehead atoms. The molecule has 0 aliphatic heterocycles. The van der Waals surface area contributed by atoms with E-state index in [0.29, 0.717) is 18.4 Å². The molecule has 1 aromatic heterocycles. The Balaban J connectivity index is 1.65. The summed E-state index contributed by atoms with van der Waals surface area (Å²) in [7, 11) is 1.72. The Kier molecular flexibility index (Phi) is 4.81. The molecule has 130 valence electrons. The molecular formula is C19H27N3O2. The fourth-order valence-electron chi connectivity index (χ4n) is 3.04. The summed E-state index contributed by atoms with van der Waals surface area (Å²) in [5, 5.41) is 14.0. The number of benzene rings is 1. The molecule has 1 fully saturated rings. The Morgan fingerprint density at radius 3 is 2.79 bits per heavy atom. The van der Waals surface area contributed by atoms with Crippen LogP contribution in [0.25, 0.3) is 10.9 Å². The number of hydrogen-bond acceptors (Lipinski definition) is 2. The predicted octanol–water partition coefficient (Wildman–Crippen LogP) is 3.53. The van der Waals surface area contributed by atoms with Gasteiger partial charge in [-0.1, -0.05) is 13.8 Å². The number of urea groups is 1. The maximum absolute atomic E-state index is 12.3. The fourth-order valence-corrected chi connectivity index (χ4v) is 3.04. The molecule has 0 spiro atoms. The molecule has 1 unspecified atom stereocenters. The van der Waals surface area contributed by atoms with E-state index in [-0.39, 0.29) is 6.03 Å². The monoisotopic (exact) mass is 329 g/mol. The Labute approximate surface area is 143 Å². The van der Waals surface area contributed by atoms with Crippen molar-refractivity contribution in [3.05, 3.63) is 30.5 Å². The summed E-state index contributed by atoms with van der Waals surface area (Å²) in [5.74, 6) is 0.962. The lowest BCUT2D eigenvalue weighted by Gasteiger charge is -2.21. The van der Waals surface area contributed by atoms with Gasteiger partial charge in [-0.2, -0.15) is 0 Å². The number of nitrogens with one attached hydrogen (secondary N) is 1. The molecule has 2 aromatic rings. The lowest BCUT2D eigenvalue weighted by Crippen LogP contribution is -2.37. The summed E-state index contributed by atoms with van der Waals surface area (Å²) < 4.78 is 2.24. The van der Waals surface area contributed by atoms with Gasteiger partial charge in [-0.05, 0) is 48.9 Å². The Morgan fingerprint density at radius 2 is 2.12 bits per heavy atom. The molecule has 1 saturated carbocycles. The normalized spacial score (nSPS) is 15.7. The molecule has 1 aromatic carbocycles. The molecule has 5 nitrogen and oxygen atoms in total. The molecule has 1 atom stereocenters. The minimum absolute atomic E-state index is 0.185. The van der Waals surface area contributed by atoms with Gasteiger partial charge in [0.05, 0.1) is 6.10 Å². The van der Waals surface area contributed by atoms with Gasteiger partial charge in [0.25, 0.3) is 0 Å². The smallest absolute Gasteiger partial charge is 0.321 e. The standard InChI is InChI=1S/C19H27N3O2/c1-13(2)11-22-9-8-15-10-16(6-7-17(15)22)20-19(24)21(3)12-18(23)14-4-5-14/h6-10,13-14,18,23H,4-5,11-12H2,1-3H3,(H,20,24). The molecule has 0 radical (unpaired) electrons. The molecule has 3 rings (SSSR count). The topological polar surface area (TPSA) is 57.5 Å². The van der Waals surface area contributed by atoms with Gasteiger partial charge >= 0.3 is 6.03 Å². The van der Waals surface area contributed by atoms with Gasteiger partial charge in [0, 0.05) is 42.9 Å². The third-order valence-corrected chi connectivity index (χ3v) is 4.56. The number of anilines is 1. The van der Waals surface area contributed by atoms with Crippen molar-refractivity contribution < 1.29 is 9.90 Å². The van der Waals surface area contributed by atoms with Gasteiger partial charge < -0.3 is 19.9 Å². The highest BCUT2D eigenvalue weighted by atomic mass is 16.3. The van der Waals surface area contributed by atoms with E-state index in [1.807, 2.05) is 18.2 Å². The van der Waals surface area contributed by atoms with Crippen LogP contribution < -0.4 is 5.32 Å². The molecule has 1 aliphatic rings. The van der Waals surface area contributed by atoms with Crippen LogP contribution in [0.15, 0.2) is 30.5 Å². The van der Waals surface area contributed by atoms with E-state index in [9.17, 15) is 9.90 Å². The zero-order chi connectivity index (χ0) is 17.3. The van der Waals surface area contributed by atoms with Crippen LogP contribution in [-0.2, 0) is 6.54 Å². The van der Waals surface area contributed by atoms with Gasteiger partial charge in [-0.3, -0.25) is 0 Å². The first-order chi connectivity index (χ1) is 11.4. The third-order valence-electron chi connectivity index (χ3n) is 4.56. The Hall–Kier alpha value is -2.01. The average Bonchev–Trinajstić information content (AvgIpc) is 3.30. The lowest BCUT2D eigenvalue weighted by molar-refractivity contribution is 0.117. The predicted molar refractivity (Wildman–Crippen MR) is 97.2 cm³/mol. The first kappa shape index (κ1) is 16.8. The largest absolute Gasteiger partial charge is 0.391 e. The number of aliphatic hydroxyl groups is 1. The molecule has 2 N–H and O–H groups in total. The van der Waals surface area contributed by atoms with Crippen LogP contribution in [0.2, 0.25) is 0 Å². The number of aromatic nitrogens is 1. The average molecular weight is 329 g/mol. The van der Waals surface area contributed by atoms with Gasteiger partial charge in [-0.15, -0.1) is 0 Å². The Morgan fingerprint density at radius 1 is 1.38 bits per heavy atom. The van der Waals surface area contributed by atoms with Crippen molar-refractivity contribution in [1.29, 1.82) is 0 Å². The number of fused-ring (bicyclic) bond motifs is 1. The van der Waals surface area contributed by atoms with Crippen LogP contribution in [0, 0.1) is 11.8 Å². The van der Waals surface area contributed by atoms with Crippen LogP contribution in [0.5, 0.6) is 0 Å². The second kappa shape index (κ2) is 6.85. The van der Waals surface area contributed by atoms with Crippen molar-refractivity contribution in [2.75, 3.05) is 18.9 Å². The highest BCUT2D eigenvalue weighted by molar-refractivity contribution is 5.92. The van der Waals surface area contributed by atoms with Gasteiger partial charge in [0.1, 0.15) is 0 Å². The minimum Gasteiger partial charge on any atom is -0.391 e. The molecule has 24 heavy (non-hydrogen) atoms. The van der Waals surface area contributed by atoms with Crippen LogP contribution in [-0.4, -0.2) is 40.3 Å². The number of aliphatic hydroxyl groups excluding tert-OH is 1. The van der Waals surface area contributed by atoms with E-state index in [1.54, 1.807) is 11.9 Å². The van der Waals surface area contributed by atoms with Crippen molar-refractivity contribution in [1.82, 2.24) is 9.47 Å². The highest BCUT2D eigenvalue weighted by Crippen LogP contribution is 2.32. The Bertz CT molecular complexity index is 718. The van der Waals surface area contributed by atoms with Crippen LogP contribution in [0.1, 0.15) is 26.7 Å². The second-order valence-corrected chi connectivity index (χ2v) is 7.35. The summed E-state index contributed by atoms with van der Waals surface area (Å²) in [4.78, 5) is 13.8. The zero-order valence-corrected chi connectivity index (χ0v) is 14.7. The maximum atomic E-state index is 12.3. The quantitative estimate of drug-likeness (QED) is 0.852. The van der Waals surface area contributed by atoms with E-state index in [0.717, 1.165) is 30.5 Å². The summed E-state index contributed by atoms with van der Waals surface area (Å²) in [5.41, 5.74) is 1.96. The highest BCUT2D eigenvalue weighted by Gasteiger charge is 2.31. The van der Waals surface area contributed by atoms with E-state index in [2.05, 4.69) is 36.0 Å². The van der Waals surface area contributed by atoms with Crippen LogP contribution in [0.3, 0.4) is 0 Å². The second-order valence-electron chi connectivity index (χ2n) is 7.35. The summed E-state index contributed by atoms with van der Waals surface area (Å²) >= 11 is 0. The number of amides is 2. The fraction of sp³-hybridized carbons (Fsp3) is 0.526. The molecule has 2 amide bonds. The van der Waals surface area contributed by atoms with Crippen molar-refractivity contribution in [3.8, 4) is 0 Å². The molecule has 5 heteroatoms. The molecule has 1 heterocycles. The number of hydrogen-bond donors (Lipinski definition) is 2. The number of carbonyl (C=O) groups is 1. The summed E-state index contributed by atoms with van der Waals surface area (Å²) in [6.07, 6.45) is 3.82. The van der Waals surface area contributed by atoms with Crippen molar-refractivity contribution >= 4 is 22.6 Å². The van der Waals surface area contributed by atoms with E-state index >= 15 is 0 Å². The first-order valence-corrected chi connectivity index (χ1v) is 8.73.